The van der Waals surface area contributed by atoms with Gasteiger partial charge < -0.3 is 5.32 Å². The number of benzene rings is 2. The van der Waals surface area contributed by atoms with E-state index in [1.165, 1.54) is 5.56 Å². The molecule has 0 saturated carbocycles. The number of aryl methyl sites for hydroxylation is 1. The molecule has 0 heterocycles. The molecule has 0 unspecified atom stereocenters. The molecule has 0 aliphatic rings. The van der Waals surface area contributed by atoms with Crippen molar-refractivity contribution >= 4 is 29.1 Å². The van der Waals surface area contributed by atoms with E-state index in [-0.39, 0.29) is 6.54 Å². The molecule has 0 radical (unpaired) electrons. The van der Waals surface area contributed by atoms with Gasteiger partial charge in [-0.15, -0.1) is 0 Å². The van der Waals surface area contributed by atoms with Crippen molar-refractivity contribution in [1.82, 2.24) is 10.7 Å². The number of nitrogens with one attached hydrogen (secondary N) is 2. The summed E-state index contributed by atoms with van der Waals surface area (Å²) in [7, 11) is 0. The lowest BCUT2D eigenvalue weighted by Gasteiger charge is -2.05. The number of carbonyl (C=O) groups excluding carboxylic acids is 2. The number of carbonyl (C=O) groups is 2. The molecule has 0 aliphatic carbocycles. The Kier molecular flexibility index (Phi) is 7.16. The Morgan fingerprint density at radius 2 is 1.64 bits per heavy atom. The van der Waals surface area contributed by atoms with E-state index in [1.54, 1.807) is 24.3 Å². The smallest absolute Gasteiger partial charge is 0.329 e. The first kappa shape index (κ1) is 18.7. The molecule has 0 aliphatic heterocycles. The van der Waals surface area contributed by atoms with Crippen LogP contribution in [-0.2, 0) is 22.6 Å². The second kappa shape index (κ2) is 9.59. The first-order valence-electron chi connectivity index (χ1n) is 7.94. The zero-order chi connectivity index (χ0) is 18.1. The van der Waals surface area contributed by atoms with Crippen LogP contribution < -0.4 is 10.7 Å². The van der Waals surface area contributed by atoms with Crippen molar-refractivity contribution in [2.75, 3.05) is 0 Å². The third kappa shape index (κ3) is 6.77. The maximum absolute atomic E-state index is 11.8. The molecule has 0 aromatic heterocycles. The van der Waals surface area contributed by atoms with E-state index in [4.69, 9.17) is 11.6 Å². The number of rotatable bonds is 6. The Hall–Kier alpha value is -2.66. The molecule has 2 amide bonds. The van der Waals surface area contributed by atoms with Gasteiger partial charge >= 0.3 is 11.8 Å². The second-order valence-corrected chi connectivity index (χ2v) is 6.02. The highest BCUT2D eigenvalue weighted by molar-refractivity contribution is 6.35. The summed E-state index contributed by atoms with van der Waals surface area (Å²) in [5.41, 5.74) is 5.09. The Bertz CT molecular complexity index is 743. The fraction of sp³-hybridized carbons (Fsp3) is 0.211. The van der Waals surface area contributed by atoms with Crippen molar-refractivity contribution in [2.24, 2.45) is 5.10 Å². The first-order valence-corrected chi connectivity index (χ1v) is 8.32. The third-order valence-electron chi connectivity index (χ3n) is 3.54. The van der Waals surface area contributed by atoms with Gasteiger partial charge in [0.15, 0.2) is 0 Å². The SMILES string of the molecule is C/C(CCc1ccccc1)=N/NC(=O)C(=O)NCc1ccc(Cl)cc1. The maximum Gasteiger partial charge on any atom is 0.329 e. The molecule has 5 nitrogen and oxygen atoms in total. The molecule has 0 saturated heterocycles. The van der Waals surface area contributed by atoms with Crippen LogP contribution in [0.25, 0.3) is 0 Å². The molecule has 0 spiro atoms. The third-order valence-corrected chi connectivity index (χ3v) is 3.79. The van der Waals surface area contributed by atoms with Gasteiger partial charge in [0, 0.05) is 17.3 Å². The summed E-state index contributed by atoms with van der Waals surface area (Å²) in [6, 6.07) is 17.0. The number of hydrogen-bond acceptors (Lipinski definition) is 3. The minimum atomic E-state index is -0.784. The normalized spacial score (nSPS) is 11.0. The van der Waals surface area contributed by atoms with Gasteiger partial charge in [0.05, 0.1) is 0 Å². The molecule has 6 heteroatoms. The van der Waals surface area contributed by atoms with E-state index in [0.29, 0.717) is 11.4 Å². The molecule has 2 rings (SSSR count). The molecule has 2 N–H and O–H groups in total. The van der Waals surface area contributed by atoms with Crippen LogP contribution in [0.2, 0.25) is 5.02 Å². The summed E-state index contributed by atoms with van der Waals surface area (Å²) in [6.07, 6.45) is 1.53. The molecule has 0 atom stereocenters. The zero-order valence-corrected chi connectivity index (χ0v) is 14.7. The largest absolute Gasteiger partial charge is 0.344 e. The van der Waals surface area contributed by atoms with Gasteiger partial charge in [-0.1, -0.05) is 54.1 Å². The summed E-state index contributed by atoms with van der Waals surface area (Å²) >= 11 is 5.79. The van der Waals surface area contributed by atoms with Gasteiger partial charge in [0.2, 0.25) is 0 Å². The lowest BCUT2D eigenvalue weighted by molar-refractivity contribution is -0.139. The summed E-state index contributed by atoms with van der Waals surface area (Å²) in [6.45, 7) is 2.06. The van der Waals surface area contributed by atoms with Gasteiger partial charge in [-0.25, -0.2) is 5.43 Å². The van der Waals surface area contributed by atoms with Crippen molar-refractivity contribution in [3.05, 3.63) is 70.7 Å². The Labute approximate surface area is 152 Å². The zero-order valence-electron chi connectivity index (χ0n) is 14.0. The quantitative estimate of drug-likeness (QED) is 0.474. The predicted octanol–water partition coefficient (Wildman–Crippen LogP) is 3.08. The van der Waals surface area contributed by atoms with Crippen LogP contribution >= 0.6 is 11.6 Å². The van der Waals surface area contributed by atoms with E-state index >= 15 is 0 Å². The molecule has 25 heavy (non-hydrogen) atoms. The van der Waals surface area contributed by atoms with Crippen LogP contribution in [-0.4, -0.2) is 17.5 Å². The van der Waals surface area contributed by atoms with Gasteiger partial charge in [0.1, 0.15) is 0 Å². The minimum absolute atomic E-state index is 0.250. The maximum atomic E-state index is 11.8. The highest BCUT2D eigenvalue weighted by Crippen LogP contribution is 2.09. The lowest BCUT2D eigenvalue weighted by Crippen LogP contribution is -2.37. The molecule has 0 bridgehead atoms. The van der Waals surface area contributed by atoms with E-state index in [9.17, 15) is 9.59 Å². The van der Waals surface area contributed by atoms with E-state index in [2.05, 4.69) is 15.8 Å². The summed E-state index contributed by atoms with van der Waals surface area (Å²) in [5.74, 6) is -1.51. The van der Waals surface area contributed by atoms with Crippen LogP contribution in [0.15, 0.2) is 59.7 Å². The Morgan fingerprint density at radius 3 is 2.32 bits per heavy atom. The number of nitrogens with zero attached hydrogens (tertiary/aromatic N) is 1. The molecular weight excluding hydrogens is 338 g/mol. The monoisotopic (exact) mass is 357 g/mol. The van der Waals surface area contributed by atoms with Gasteiger partial charge in [-0.2, -0.15) is 5.10 Å². The average molecular weight is 358 g/mol. The number of hydrogen-bond donors (Lipinski definition) is 2. The van der Waals surface area contributed by atoms with Crippen molar-refractivity contribution in [3.8, 4) is 0 Å². The standard InChI is InChI=1S/C19H20ClN3O2/c1-14(7-8-15-5-3-2-4-6-15)22-23-19(25)18(24)21-13-16-9-11-17(20)12-10-16/h2-6,9-12H,7-8,13H2,1H3,(H,21,24)(H,23,25)/b22-14-. The summed E-state index contributed by atoms with van der Waals surface area (Å²) < 4.78 is 0. The van der Waals surface area contributed by atoms with E-state index in [0.717, 1.165) is 17.7 Å². The van der Waals surface area contributed by atoms with Crippen LogP contribution in [0.5, 0.6) is 0 Å². The summed E-state index contributed by atoms with van der Waals surface area (Å²) in [5, 5.41) is 7.12. The van der Waals surface area contributed by atoms with Gasteiger partial charge in [-0.05, 0) is 43.0 Å². The van der Waals surface area contributed by atoms with E-state index in [1.807, 2.05) is 37.3 Å². The minimum Gasteiger partial charge on any atom is -0.344 e. The van der Waals surface area contributed by atoms with Gasteiger partial charge in [0.25, 0.3) is 0 Å². The van der Waals surface area contributed by atoms with Crippen LogP contribution in [0, 0.1) is 0 Å². The van der Waals surface area contributed by atoms with Crippen molar-refractivity contribution in [2.45, 2.75) is 26.3 Å². The number of halogens is 1. The van der Waals surface area contributed by atoms with Crippen molar-refractivity contribution < 1.29 is 9.59 Å². The molecule has 0 fully saturated rings. The van der Waals surface area contributed by atoms with Crippen LogP contribution in [0.3, 0.4) is 0 Å². The highest BCUT2D eigenvalue weighted by Gasteiger charge is 2.12. The van der Waals surface area contributed by atoms with Gasteiger partial charge in [-0.3, -0.25) is 9.59 Å². The van der Waals surface area contributed by atoms with Crippen LogP contribution in [0.4, 0.5) is 0 Å². The predicted molar refractivity (Wildman–Crippen MR) is 99.3 cm³/mol. The molecule has 2 aromatic carbocycles. The molecular formula is C19H20ClN3O2. The van der Waals surface area contributed by atoms with E-state index < -0.39 is 11.8 Å². The fourth-order valence-electron chi connectivity index (χ4n) is 2.09. The number of hydrazone groups is 1. The molecule has 2 aromatic rings. The molecule has 130 valence electrons. The number of amides is 2. The summed E-state index contributed by atoms with van der Waals surface area (Å²) in [4.78, 5) is 23.5. The average Bonchev–Trinajstić information content (AvgIpc) is 2.64. The highest BCUT2D eigenvalue weighted by atomic mass is 35.5. The lowest BCUT2D eigenvalue weighted by atomic mass is 10.1. The van der Waals surface area contributed by atoms with Crippen molar-refractivity contribution in [1.29, 1.82) is 0 Å². The second-order valence-electron chi connectivity index (χ2n) is 5.58. The Morgan fingerprint density at radius 1 is 0.960 bits per heavy atom. The fourth-order valence-corrected chi connectivity index (χ4v) is 2.21. The van der Waals surface area contributed by atoms with Crippen LogP contribution in [0.1, 0.15) is 24.5 Å². The Balaban J connectivity index is 1.74. The topological polar surface area (TPSA) is 70.6 Å². The first-order chi connectivity index (χ1) is 12.0. The van der Waals surface area contributed by atoms with Crippen molar-refractivity contribution in [3.63, 3.8) is 0 Å².